The molecular formula is C21H31N3O2. The van der Waals surface area contributed by atoms with Gasteiger partial charge in [-0.1, -0.05) is 32.9 Å². The first-order chi connectivity index (χ1) is 12.0. The molecule has 0 atom stereocenters. The topological polar surface area (TPSA) is 56.1 Å². The van der Waals surface area contributed by atoms with Crippen LogP contribution in [0.2, 0.25) is 0 Å². The lowest BCUT2D eigenvalue weighted by molar-refractivity contribution is -0.116. The maximum Gasteiger partial charge on any atom is 0.225 e. The first kappa shape index (κ1) is 20.0. The largest absolute Gasteiger partial charge is 0.497 e. The third-order valence-electron chi connectivity index (χ3n) is 4.18. The van der Waals surface area contributed by atoms with Crippen molar-refractivity contribution in [3.63, 3.8) is 0 Å². The minimum atomic E-state index is -0.206. The molecule has 2 aromatic rings. The predicted molar refractivity (Wildman–Crippen MR) is 106 cm³/mol. The molecule has 0 fully saturated rings. The van der Waals surface area contributed by atoms with Crippen LogP contribution in [0.15, 0.2) is 30.3 Å². The molecule has 1 N–H and O–H groups in total. The number of methoxy groups -OCH3 is 1. The van der Waals surface area contributed by atoms with Gasteiger partial charge in [-0.05, 0) is 44.9 Å². The van der Waals surface area contributed by atoms with Crippen LogP contribution < -0.4 is 10.1 Å². The van der Waals surface area contributed by atoms with E-state index in [4.69, 9.17) is 9.84 Å². The van der Waals surface area contributed by atoms with Gasteiger partial charge in [0.1, 0.15) is 11.6 Å². The molecule has 1 aromatic heterocycles. The summed E-state index contributed by atoms with van der Waals surface area (Å²) in [4.78, 5) is 12.5. The van der Waals surface area contributed by atoms with E-state index in [1.54, 1.807) is 7.11 Å². The Morgan fingerprint density at radius 3 is 2.23 bits per heavy atom. The molecule has 0 aliphatic rings. The van der Waals surface area contributed by atoms with E-state index in [1.165, 1.54) is 0 Å². The number of hydrogen-bond acceptors (Lipinski definition) is 3. The molecule has 26 heavy (non-hydrogen) atoms. The van der Waals surface area contributed by atoms with Gasteiger partial charge in [-0.25, -0.2) is 4.68 Å². The number of nitrogens with one attached hydrogen (secondary N) is 1. The number of carbonyl (C=O) groups excluding carboxylic acids is 1. The van der Waals surface area contributed by atoms with Gasteiger partial charge in [-0.2, -0.15) is 5.10 Å². The smallest absolute Gasteiger partial charge is 0.225 e. The van der Waals surface area contributed by atoms with Gasteiger partial charge in [-0.3, -0.25) is 4.79 Å². The summed E-state index contributed by atoms with van der Waals surface area (Å²) >= 11 is 0. The molecule has 1 amide bonds. The highest BCUT2D eigenvalue weighted by molar-refractivity contribution is 5.90. The molecule has 2 rings (SSSR count). The molecule has 0 radical (unpaired) electrons. The highest BCUT2D eigenvalue weighted by atomic mass is 16.5. The fourth-order valence-corrected chi connectivity index (χ4v) is 2.60. The van der Waals surface area contributed by atoms with Gasteiger partial charge in [0.25, 0.3) is 0 Å². The predicted octanol–water partition coefficient (Wildman–Crippen LogP) is 4.52. The maximum absolute atomic E-state index is 12.5. The van der Waals surface area contributed by atoms with Crippen molar-refractivity contribution < 1.29 is 9.53 Å². The number of carbonyl (C=O) groups is 1. The molecule has 1 aromatic carbocycles. The number of rotatable bonds is 5. The van der Waals surface area contributed by atoms with Crippen LogP contribution in [0, 0.1) is 0 Å². The molecule has 0 spiro atoms. The molecule has 0 aliphatic carbocycles. The van der Waals surface area contributed by atoms with Crippen LogP contribution in [-0.2, 0) is 22.2 Å². The van der Waals surface area contributed by atoms with Crippen LogP contribution in [-0.4, -0.2) is 22.8 Å². The van der Waals surface area contributed by atoms with Gasteiger partial charge in [0, 0.05) is 17.9 Å². The van der Waals surface area contributed by atoms with Gasteiger partial charge in [-0.15, -0.1) is 0 Å². The number of nitrogens with zero attached hydrogens (tertiary/aromatic N) is 2. The summed E-state index contributed by atoms with van der Waals surface area (Å²) < 4.78 is 7.06. The minimum absolute atomic E-state index is 0.00771. The number of aromatic nitrogens is 2. The van der Waals surface area contributed by atoms with Gasteiger partial charge in [0.15, 0.2) is 0 Å². The van der Waals surface area contributed by atoms with Gasteiger partial charge in [0.05, 0.1) is 18.3 Å². The van der Waals surface area contributed by atoms with Crippen LogP contribution in [0.3, 0.4) is 0 Å². The van der Waals surface area contributed by atoms with Gasteiger partial charge >= 0.3 is 0 Å². The fraction of sp³-hybridized carbons (Fsp3) is 0.524. The van der Waals surface area contributed by atoms with E-state index in [-0.39, 0.29) is 16.9 Å². The zero-order valence-corrected chi connectivity index (χ0v) is 17.0. The van der Waals surface area contributed by atoms with Crippen molar-refractivity contribution in [3.8, 4) is 5.75 Å². The molecule has 0 bridgehead atoms. The zero-order chi connectivity index (χ0) is 19.5. The maximum atomic E-state index is 12.5. The molecule has 1 heterocycles. The molecule has 0 saturated heterocycles. The molecule has 0 saturated carbocycles. The number of hydrogen-bond donors (Lipinski definition) is 1. The molecular weight excluding hydrogens is 326 g/mol. The average molecular weight is 357 g/mol. The van der Waals surface area contributed by atoms with Crippen molar-refractivity contribution in [1.82, 2.24) is 9.78 Å². The second kappa shape index (κ2) is 7.52. The average Bonchev–Trinajstić information content (AvgIpc) is 2.98. The molecule has 0 aliphatic heterocycles. The van der Waals surface area contributed by atoms with E-state index >= 15 is 0 Å². The molecule has 0 unspecified atom stereocenters. The van der Waals surface area contributed by atoms with Crippen LogP contribution in [0.5, 0.6) is 5.75 Å². The quantitative estimate of drug-likeness (QED) is 0.856. The Morgan fingerprint density at radius 2 is 1.73 bits per heavy atom. The number of anilines is 1. The van der Waals surface area contributed by atoms with Gasteiger partial charge < -0.3 is 10.1 Å². The Labute approximate surface area is 156 Å². The standard InChI is InChI=1S/C21H31N3O2/c1-20(2,3)17-14-18(24(23-17)21(4,5)6)22-19(25)13-10-15-8-11-16(26-7)12-9-15/h8-9,11-12,14H,10,13H2,1-7H3,(H,22,25). The highest BCUT2D eigenvalue weighted by Crippen LogP contribution is 2.28. The Balaban J connectivity index is 2.08. The Bertz CT molecular complexity index is 747. The SMILES string of the molecule is COc1ccc(CCC(=O)Nc2cc(C(C)(C)C)nn2C(C)(C)C)cc1. The fourth-order valence-electron chi connectivity index (χ4n) is 2.60. The lowest BCUT2D eigenvalue weighted by Gasteiger charge is -2.23. The van der Waals surface area contributed by atoms with Crippen molar-refractivity contribution in [2.45, 2.75) is 65.3 Å². The third-order valence-corrected chi connectivity index (χ3v) is 4.18. The van der Waals surface area contributed by atoms with E-state index < -0.39 is 0 Å². The summed E-state index contributed by atoms with van der Waals surface area (Å²) in [6, 6.07) is 9.79. The first-order valence-corrected chi connectivity index (χ1v) is 9.04. The van der Waals surface area contributed by atoms with Crippen molar-refractivity contribution in [3.05, 3.63) is 41.6 Å². The zero-order valence-electron chi connectivity index (χ0n) is 17.0. The Kier molecular flexibility index (Phi) is 5.79. The van der Waals surface area contributed by atoms with Crippen LogP contribution in [0.4, 0.5) is 5.82 Å². The summed E-state index contributed by atoms with van der Waals surface area (Å²) in [5.41, 5.74) is 1.81. The Morgan fingerprint density at radius 1 is 1.12 bits per heavy atom. The van der Waals surface area contributed by atoms with E-state index in [0.717, 1.165) is 22.8 Å². The van der Waals surface area contributed by atoms with Gasteiger partial charge in [0.2, 0.25) is 5.91 Å². The van der Waals surface area contributed by atoms with E-state index in [9.17, 15) is 4.79 Å². The number of ether oxygens (including phenoxy) is 1. The van der Waals surface area contributed by atoms with E-state index in [0.29, 0.717) is 12.8 Å². The number of amides is 1. The monoisotopic (exact) mass is 357 g/mol. The molecule has 5 nitrogen and oxygen atoms in total. The van der Waals surface area contributed by atoms with Crippen LogP contribution >= 0.6 is 0 Å². The first-order valence-electron chi connectivity index (χ1n) is 9.04. The summed E-state index contributed by atoms with van der Waals surface area (Å²) in [5, 5.41) is 7.77. The summed E-state index contributed by atoms with van der Waals surface area (Å²) in [6.45, 7) is 12.6. The summed E-state index contributed by atoms with van der Waals surface area (Å²) in [7, 11) is 1.65. The lowest BCUT2D eigenvalue weighted by atomic mass is 9.92. The normalized spacial score (nSPS) is 12.1. The van der Waals surface area contributed by atoms with Crippen LogP contribution in [0.1, 0.15) is 59.2 Å². The van der Waals surface area contributed by atoms with Crippen molar-refractivity contribution >= 4 is 11.7 Å². The summed E-state index contributed by atoms with van der Waals surface area (Å²) in [5.74, 6) is 1.57. The minimum Gasteiger partial charge on any atom is -0.497 e. The van der Waals surface area contributed by atoms with E-state index in [1.807, 2.05) is 35.0 Å². The second-order valence-electron chi connectivity index (χ2n) is 8.64. The summed E-state index contributed by atoms with van der Waals surface area (Å²) in [6.07, 6.45) is 1.11. The third kappa shape index (κ3) is 5.10. The number of aryl methyl sites for hydroxylation is 1. The Hall–Kier alpha value is -2.30. The highest BCUT2D eigenvalue weighted by Gasteiger charge is 2.25. The van der Waals surface area contributed by atoms with Crippen molar-refractivity contribution in [2.24, 2.45) is 0 Å². The van der Waals surface area contributed by atoms with E-state index in [2.05, 4.69) is 46.9 Å². The van der Waals surface area contributed by atoms with Crippen LogP contribution in [0.25, 0.3) is 0 Å². The molecule has 5 heteroatoms. The second-order valence-corrected chi connectivity index (χ2v) is 8.64. The lowest BCUT2D eigenvalue weighted by Crippen LogP contribution is -2.27. The van der Waals surface area contributed by atoms with Crippen molar-refractivity contribution in [1.29, 1.82) is 0 Å². The number of benzene rings is 1. The molecule has 142 valence electrons. The van der Waals surface area contributed by atoms with Crippen molar-refractivity contribution in [2.75, 3.05) is 12.4 Å².